The van der Waals surface area contributed by atoms with Crippen LogP contribution in [0.1, 0.15) is 20.3 Å². The lowest BCUT2D eigenvalue weighted by atomic mass is 9.87. The van der Waals surface area contributed by atoms with E-state index in [1.54, 1.807) is 13.8 Å². The monoisotopic (exact) mass is 279 g/mol. The van der Waals surface area contributed by atoms with Crippen molar-refractivity contribution in [3.63, 3.8) is 0 Å². The van der Waals surface area contributed by atoms with Gasteiger partial charge in [-0.15, -0.1) is 0 Å². The van der Waals surface area contributed by atoms with Gasteiger partial charge in [-0.25, -0.2) is 13.1 Å². The van der Waals surface area contributed by atoms with E-state index in [0.717, 1.165) is 6.26 Å². The highest BCUT2D eigenvalue weighted by atomic mass is 32.2. The molecule has 0 atom stereocenters. The van der Waals surface area contributed by atoms with Gasteiger partial charge in [0.05, 0.1) is 18.2 Å². The Morgan fingerprint density at radius 2 is 2.00 bits per heavy atom. The van der Waals surface area contributed by atoms with Gasteiger partial charge >= 0.3 is 5.97 Å². The molecule has 7 nitrogen and oxygen atoms in total. The van der Waals surface area contributed by atoms with E-state index in [4.69, 9.17) is 5.11 Å². The summed E-state index contributed by atoms with van der Waals surface area (Å²) in [6, 6.07) is 0. The molecule has 4 N–H and O–H groups in total. The molecule has 1 heterocycles. The molecule has 8 heteroatoms. The third-order valence-corrected chi connectivity index (χ3v) is 3.71. The summed E-state index contributed by atoms with van der Waals surface area (Å²) < 4.78 is 24.9. The van der Waals surface area contributed by atoms with Crippen LogP contribution in [0.5, 0.6) is 0 Å². The molecule has 1 saturated heterocycles. The van der Waals surface area contributed by atoms with E-state index in [0.29, 0.717) is 19.6 Å². The maximum absolute atomic E-state index is 11.2. The molecule has 0 aromatic rings. The van der Waals surface area contributed by atoms with Gasteiger partial charge in [0.2, 0.25) is 10.0 Å². The minimum Gasteiger partial charge on any atom is -0.481 e. The van der Waals surface area contributed by atoms with E-state index in [2.05, 4.69) is 15.4 Å². The maximum Gasteiger partial charge on any atom is 0.305 e. The molecule has 0 spiro atoms. The molecule has 0 aliphatic carbocycles. The highest BCUT2D eigenvalue weighted by Gasteiger charge is 2.40. The van der Waals surface area contributed by atoms with Crippen molar-refractivity contribution in [2.24, 2.45) is 0 Å². The number of nitrogens with one attached hydrogen (secondary N) is 3. The number of rotatable bonds is 7. The Balaban J connectivity index is 2.55. The standard InChI is InChI=1S/C10H21N3O4S/c1-9(2,13-18(3,16)17)5-12-10(4-8(14)15)6-11-7-10/h11-13H,4-7H2,1-3H3,(H,14,15). The fraction of sp³-hybridized carbons (Fsp3) is 0.900. The average Bonchev–Trinajstić information content (AvgIpc) is 2.04. The van der Waals surface area contributed by atoms with Gasteiger partial charge < -0.3 is 15.7 Å². The topological polar surface area (TPSA) is 108 Å². The molecule has 18 heavy (non-hydrogen) atoms. The Kier molecular flexibility index (Phi) is 4.37. The van der Waals surface area contributed by atoms with Crippen molar-refractivity contribution >= 4 is 16.0 Å². The lowest BCUT2D eigenvalue weighted by Crippen LogP contribution is -2.70. The third-order valence-electron chi connectivity index (χ3n) is 2.78. The number of sulfonamides is 1. The number of carboxylic acid groups (broad SMARTS) is 1. The number of hydrogen-bond donors (Lipinski definition) is 4. The second kappa shape index (κ2) is 5.12. The van der Waals surface area contributed by atoms with Crippen molar-refractivity contribution in [3.8, 4) is 0 Å². The van der Waals surface area contributed by atoms with Crippen LogP contribution in [0.3, 0.4) is 0 Å². The molecule has 106 valence electrons. The Labute approximate surface area is 107 Å². The second-order valence-corrected chi connectivity index (χ2v) is 7.31. The first-order valence-corrected chi connectivity index (χ1v) is 7.59. The van der Waals surface area contributed by atoms with Gasteiger partial charge in [-0.1, -0.05) is 0 Å². The average molecular weight is 279 g/mol. The fourth-order valence-electron chi connectivity index (χ4n) is 1.98. The summed E-state index contributed by atoms with van der Waals surface area (Å²) in [5.41, 5.74) is -1.13. The van der Waals surface area contributed by atoms with Crippen LogP contribution >= 0.6 is 0 Å². The molecule has 1 rings (SSSR count). The number of carbonyl (C=O) groups is 1. The summed E-state index contributed by atoms with van der Waals surface area (Å²) in [6.07, 6.45) is 1.13. The number of carboxylic acids is 1. The first-order valence-electron chi connectivity index (χ1n) is 5.70. The fourth-order valence-corrected chi connectivity index (χ4v) is 3.05. The van der Waals surface area contributed by atoms with Gasteiger partial charge in [0.15, 0.2) is 0 Å². The highest BCUT2D eigenvalue weighted by Crippen LogP contribution is 2.17. The molecule has 0 saturated carbocycles. The third kappa shape index (κ3) is 4.89. The van der Waals surface area contributed by atoms with Crippen LogP contribution in [0.4, 0.5) is 0 Å². The maximum atomic E-state index is 11.2. The molecular formula is C10H21N3O4S. The Hall–Kier alpha value is -0.700. The molecule has 0 aromatic carbocycles. The van der Waals surface area contributed by atoms with E-state index in [-0.39, 0.29) is 6.42 Å². The number of hydrogen-bond acceptors (Lipinski definition) is 5. The van der Waals surface area contributed by atoms with Gasteiger partial charge in [-0.2, -0.15) is 0 Å². The van der Waals surface area contributed by atoms with Crippen LogP contribution in [0.2, 0.25) is 0 Å². The molecule has 0 unspecified atom stereocenters. The SMILES string of the molecule is CC(C)(CNC1(CC(=O)O)CNC1)NS(C)(=O)=O. The van der Waals surface area contributed by atoms with Crippen molar-refractivity contribution in [3.05, 3.63) is 0 Å². The van der Waals surface area contributed by atoms with Crippen molar-refractivity contribution in [1.29, 1.82) is 0 Å². The minimum absolute atomic E-state index is 0.0228. The largest absolute Gasteiger partial charge is 0.481 e. The van der Waals surface area contributed by atoms with Crippen LogP contribution in [-0.4, -0.2) is 56.5 Å². The Morgan fingerprint density at radius 3 is 2.33 bits per heavy atom. The van der Waals surface area contributed by atoms with Gasteiger partial charge in [0.1, 0.15) is 0 Å². The summed E-state index contributed by atoms with van der Waals surface area (Å²) >= 11 is 0. The van der Waals surface area contributed by atoms with Gasteiger partial charge in [-0.3, -0.25) is 4.79 Å². The van der Waals surface area contributed by atoms with Gasteiger partial charge in [-0.05, 0) is 13.8 Å². The molecule has 0 amide bonds. The second-order valence-electron chi connectivity index (χ2n) is 5.57. The highest BCUT2D eigenvalue weighted by molar-refractivity contribution is 7.88. The van der Waals surface area contributed by atoms with Crippen LogP contribution < -0.4 is 15.4 Å². The van der Waals surface area contributed by atoms with Crippen molar-refractivity contribution in [2.45, 2.75) is 31.3 Å². The summed E-state index contributed by atoms with van der Waals surface area (Å²) in [4.78, 5) is 10.8. The predicted octanol–water partition coefficient (Wildman–Crippen LogP) is -1.28. The zero-order valence-electron chi connectivity index (χ0n) is 10.9. The Morgan fingerprint density at radius 1 is 1.44 bits per heavy atom. The quantitative estimate of drug-likeness (QED) is 0.462. The van der Waals surface area contributed by atoms with Crippen molar-refractivity contribution < 1.29 is 18.3 Å². The summed E-state index contributed by atoms with van der Waals surface area (Å²) in [5.74, 6) is -0.863. The molecule has 1 aliphatic heterocycles. The zero-order chi connectivity index (χ0) is 14.0. The van der Waals surface area contributed by atoms with Crippen LogP contribution in [-0.2, 0) is 14.8 Å². The summed E-state index contributed by atoms with van der Waals surface area (Å²) in [6.45, 7) is 5.03. The lowest BCUT2D eigenvalue weighted by molar-refractivity contribution is -0.139. The predicted molar refractivity (Wildman–Crippen MR) is 67.9 cm³/mol. The van der Waals surface area contributed by atoms with E-state index >= 15 is 0 Å². The van der Waals surface area contributed by atoms with Gasteiger partial charge in [0, 0.05) is 25.2 Å². The van der Waals surface area contributed by atoms with Gasteiger partial charge in [0.25, 0.3) is 0 Å². The van der Waals surface area contributed by atoms with Crippen LogP contribution in [0.25, 0.3) is 0 Å². The van der Waals surface area contributed by atoms with Crippen LogP contribution in [0.15, 0.2) is 0 Å². The molecule has 0 bridgehead atoms. The Bertz CT molecular complexity index is 415. The molecule has 0 aromatic heterocycles. The number of aliphatic carboxylic acids is 1. The normalized spacial score (nSPS) is 19.3. The molecule has 0 radical (unpaired) electrons. The lowest BCUT2D eigenvalue weighted by Gasteiger charge is -2.44. The first-order chi connectivity index (χ1) is 8.04. The smallest absolute Gasteiger partial charge is 0.305 e. The van der Waals surface area contributed by atoms with Crippen LogP contribution in [0, 0.1) is 0 Å². The molecule has 1 aliphatic rings. The van der Waals surface area contributed by atoms with E-state index in [9.17, 15) is 13.2 Å². The van der Waals surface area contributed by atoms with E-state index in [1.165, 1.54) is 0 Å². The first kappa shape index (κ1) is 15.4. The summed E-state index contributed by atoms with van der Waals surface area (Å²) in [7, 11) is -3.28. The van der Waals surface area contributed by atoms with Crippen molar-refractivity contribution in [1.82, 2.24) is 15.4 Å². The minimum atomic E-state index is -3.28. The van der Waals surface area contributed by atoms with E-state index in [1.807, 2.05) is 0 Å². The summed E-state index contributed by atoms with van der Waals surface area (Å²) in [5, 5.41) is 15.0. The molecular weight excluding hydrogens is 258 g/mol. The molecule has 1 fully saturated rings. The van der Waals surface area contributed by atoms with Crippen molar-refractivity contribution in [2.75, 3.05) is 25.9 Å². The zero-order valence-corrected chi connectivity index (χ0v) is 11.7. The van der Waals surface area contributed by atoms with E-state index < -0.39 is 27.1 Å².